The van der Waals surface area contributed by atoms with Crippen molar-refractivity contribution in [1.29, 1.82) is 0 Å². The summed E-state index contributed by atoms with van der Waals surface area (Å²) < 4.78 is 0. The van der Waals surface area contributed by atoms with E-state index in [1.165, 1.54) is 5.57 Å². The van der Waals surface area contributed by atoms with Gasteiger partial charge in [-0.1, -0.05) is 88.8 Å². The van der Waals surface area contributed by atoms with Crippen molar-refractivity contribution >= 4 is 17.8 Å². The lowest BCUT2D eigenvalue weighted by Crippen LogP contribution is -2.56. The summed E-state index contributed by atoms with van der Waals surface area (Å²) in [4.78, 5) is 26.3. The fraction of sp³-hybridized carbons (Fsp3) is 0.556. The van der Waals surface area contributed by atoms with Gasteiger partial charge >= 0.3 is 5.97 Å². The second-order valence-corrected chi connectivity index (χ2v) is 9.10. The molecule has 1 aromatic carbocycles. The number of carbonyl (C=O) groups excluding carboxylic acids is 1. The molecule has 0 aromatic heterocycles. The monoisotopic (exact) mass is 408 g/mol. The highest BCUT2D eigenvalue weighted by atomic mass is 16.4. The zero-order chi connectivity index (χ0) is 22.1. The average molecular weight is 409 g/mol. The van der Waals surface area contributed by atoms with Crippen molar-refractivity contribution in [2.45, 2.75) is 60.3 Å². The van der Waals surface area contributed by atoms with Crippen LogP contribution in [0.1, 0.15) is 65.9 Å². The highest BCUT2D eigenvalue weighted by Crippen LogP contribution is 2.66. The minimum atomic E-state index is -0.991. The third kappa shape index (κ3) is 3.09. The molecule has 162 valence electrons. The van der Waals surface area contributed by atoms with E-state index in [2.05, 4.69) is 39.0 Å². The van der Waals surface area contributed by atoms with Crippen LogP contribution in [0.3, 0.4) is 0 Å². The van der Waals surface area contributed by atoms with Crippen LogP contribution >= 0.6 is 0 Å². The lowest BCUT2D eigenvalue weighted by molar-refractivity contribution is -0.165. The van der Waals surface area contributed by atoms with Crippen LogP contribution in [-0.2, 0) is 9.59 Å². The first-order valence-electron chi connectivity index (χ1n) is 11.6. The van der Waals surface area contributed by atoms with Gasteiger partial charge in [-0.25, -0.2) is 0 Å². The van der Waals surface area contributed by atoms with Gasteiger partial charge in [0.2, 0.25) is 0 Å². The van der Waals surface area contributed by atoms with Crippen LogP contribution < -0.4 is 0 Å². The largest absolute Gasteiger partial charge is 0.481 e. The molecule has 3 heteroatoms. The van der Waals surface area contributed by atoms with Crippen molar-refractivity contribution in [3.05, 3.63) is 53.6 Å². The summed E-state index contributed by atoms with van der Waals surface area (Å²) in [6, 6.07) is 10.1. The molecule has 0 unspecified atom stereocenters. The maximum Gasteiger partial charge on any atom is 0.311 e. The summed E-state index contributed by atoms with van der Waals surface area (Å²) in [5.74, 6) is -0.926. The van der Waals surface area contributed by atoms with E-state index in [4.69, 9.17) is 0 Å². The van der Waals surface area contributed by atoms with Crippen LogP contribution in [0.5, 0.6) is 0 Å². The summed E-state index contributed by atoms with van der Waals surface area (Å²) in [5.41, 5.74) is 0.730. The van der Waals surface area contributed by atoms with Crippen molar-refractivity contribution in [2.24, 2.45) is 34.5 Å². The minimum Gasteiger partial charge on any atom is -0.481 e. The molecule has 0 heterocycles. The molecule has 0 saturated heterocycles. The van der Waals surface area contributed by atoms with Crippen molar-refractivity contribution in [3.8, 4) is 0 Å². The van der Waals surface area contributed by atoms with Crippen molar-refractivity contribution in [3.63, 3.8) is 0 Å². The molecule has 1 aromatic rings. The Bertz CT molecular complexity index is 852. The van der Waals surface area contributed by atoms with Gasteiger partial charge in [0, 0.05) is 17.3 Å². The summed E-state index contributed by atoms with van der Waals surface area (Å²) >= 11 is 0. The third-order valence-electron chi connectivity index (χ3n) is 8.19. The third-order valence-corrected chi connectivity index (χ3v) is 8.19. The molecule has 0 radical (unpaired) electrons. The van der Waals surface area contributed by atoms with Crippen molar-refractivity contribution in [1.82, 2.24) is 0 Å². The SMILES string of the molecule is CCC1=C[C@](C=Cc2ccccc2)(CC)[C@@](CC)(C(=O)O)[C@H]2[C@H]1[C@@H](CC)C(=O)[C@@H]2C. The Labute approximate surface area is 181 Å². The van der Waals surface area contributed by atoms with E-state index in [0.29, 0.717) is 12.8 Å². The lowest BCUT2D eigenvalue weighted by Gasteiger charge is -2.55. The van der Waals surface area contributed by atoms with E-state index in [0.717, 1.165) is 18.4 Å². The quantitative estimate of drug-likeness (QED) is 0.531. The Hall–Kier alpha value is -2.16. The maximum atomic E-state index is 13.2. The molecule has 1 saturated carbocycles. The normalized spacial score (nSPS) is 36.0. The Kier molecular flexibility index (Phi) is 6.40. The summed E-state index contributed by atoms with van der Waals surface area (Å²) in [6.07, 6.45) is 9.29. The van der Waals surface area contributed by atoms with Gasteiger partial charge in [-0.3, -0.25) is 9.59 Å². The lowest BCUT2D eigenvalue weighted by atomic mass is 9.46. The van der Waals surface area contributed by atoms with Crippen LogP contribution in [0, 0.1) is 34.5 Å². The summed E-state index contributed by atoms with van der Waals surface area (Å²) in [6.45, 7) is 10.3. The zero-order valence-corrected chi connectivity index (χ0v) is 19.0. The number of aliphatic carboxylic acids is 1. The highest BCUT2D eigenvalue weighted by Gasteiger charge is 2.67. The van der Waals surface area contributed by atoms with E-state index in [9.17, 15) is 14.7 Å². The molecule has 0 aliphatic heterocycles. The first-order chi connectivity index (χ1) is 14.3. The average Bonchev–Trinajstić information content (AvgIpc) is 3.02. The number of hydrogen-bond donors (Lipinski definition) is 1. The van der Waals surface area contributed by atoms with E-state index in [1.807, 2.05) is 44.2 Å². The first kappa shape index (κ1) is 22.5. The number of benzene rings is 1. The number of carboxylic acids is 1. The van der Waals surface area contributed by atoms with Gasteiger partial charge in [-0.15, -0.1) is 0 Å². The molecule has 1 fully saturated rings. The number of ketones is 1. The van der Waals surface area contributed by atoms with Crippen LogP contribution in [-0.4, -0.2) is 16.9 Å². The molecular formula is C27H36O3. The van der Waals surface area contributed by atoms with Gasteiger partial charge in [0.05, 0.1) is 5.41 Å². The number of Topliss-reactive ketones (excluding diaryl/α,β-unsaturated/α-hetero) is 1. The number of carbonyl (C=O) groups is 2. The fourth-order valence-electron chi connectivity index (χ4n) is 6.73. The molecule has 0 bridgehead atoms. The van der Waals surface area contributed by atoms with Crippen molar-refractivity contribution in [2.75, 3.05) is 0 Å². The molecule has 0 spiro atoms. The van der Waals surface area contributed by atoms with E-state index in [-0.39, 0.29) is 29.5 Å². The Morgan fingerprint density at radius 3 is 2.27 bits per heavy atom. The Balaban J connectivity index is 2.29. The second kappa shape index (κ2) is 8.53. The number of fused-ring (bicyclic) bond motifs is 1. The first-order valence-corrected chi connectivity index (χ1v) is 11.6. The standard InChI is InChI=1S/C27H36O3/c1-6-20-17-26(8-3,16-15-19-13-11-10-12-14-19)27(9-4,25(29)30)23-18(5)24(28)21(7-2)22(20)23/h10-18,21-23H,6-9H2,1-5H3,(H,29,30)/t18-,21-,22-,23-,26-,27-/m1/s1. The van der Waals surface area contributed by atoms with Gasteiger partial charge in [0.15, 0.2) is 0 Å². The van der Waals surface area contributed by atoms with Crippen LogP contribution in [0.2, 0.25) is 0 Å². The van der Waals surface area contributed by atoms with E-state index < -0.39 is 16.8 Å². The van der Waals surface area contributed by atoms with Gasteiger partial charge < -0.3 is 5.11 Å². The molecular weight excluding hydrogens is 372 g/mol. The fourth-order valence-corrected chi connectivity index (χ4v) is 6.73. The summed E-state index contributed by atoms with van der Waals surface area (Å²) in [5, 5.41) is 10.7. The predicted octanol–water partition coefficient (Wildman–Crippen LogP) is 6.40. The molecule has 2 aliphatic carbocycles. The molecule has 1 N–H and O–H groups in total. The minimum absolute atomic E-state index is 0.0448. The molecule has 2 aliphatic rings. The molecule has 3 nitrogen and oxygen atoms in total. The molecule has 3 rings (SSSR count). The number of carboxylic acid groups (broad SMARTS) is 1. The zero-order valence-electron chi connectivity index (χ0n) is 19.0. The van der Waals surface area contributed by atoms with Gasteiger partial charge in [0.25, 0.3) is 0 Å². The number of hydrogen-bond acceptors (Lipinski definition) is 2. The smallest absolute Gasteiger partial charge is 0.311 e. The van der Waals surface area contributed by atoms with Gasteiger partial charge in [-0.05, 0) is 43.1 Å². The van der Waals surface area contributed by atoms with Crippen LogP contribution in [0.25, 0.3) is 6.08 Å². The second-order valence-electron chi connectivity index (χ2n) is 9.10. The van der Waals surface area contributed by atoms with Gasteiger partial charge in [-0.2, -0.15) is 0 Å². The molecule has 30 heavy (non-hydrogen) atoms. The molecule has 0 amide bonds. The highest BCUT2D eigenvalue weighted by molar-refractivity contribution is 5.90. The Morgan fingerprint density at radius 1 is 1.10 bits per heavy atom. The van der Waals surface area contributed by atoms with Crippen molar-refractivity contribution < 1.29 is 14.7 Å². The van der Waals surface area contributed by atoms with Crippen LogP contribution in [0.4, 0.5) is 0 Å². The summed E-state index contributed by atoms with van der Waals surface area (Å²) in [7, 11) is 0. The van der Waals surface area contributed by atoms with Gasteiger partial charge in [0.1, 0.15) is 5.78 Å². The number of rotatable bonds is 7. The molecule has 6 atom stereocenters. The Morgan fingerprint density at radius 2 is 1.77 bits per heavy atom. The number of allylic oxidation sites excluding steroid dienone is 3. The maximum absolute atomic E-state index is 13.2. The predicted molar refractivity (Wildman–Crippen MR) is 122 cm³/mol. The van der Waals surface area contributed by atoms with Crippen LogP contribution in [0.15, 0.2) is 48.1 Å². The van der Waals surface area contributed by atoms with E-state index >= 15 is 0 Å². The van der Waals surface area contributed by atoms with E-state index in [1.54, 1.807) is 0 Å². The topological polar surface area (TPSA) is 54.4 Å².